The molecule has 1 unspecified atom stereocenters. The van der Waals surface area contributed by atoms with E-state index in [1.165, 1.54) is 10.9 Å². The third-order valence-electron chi connectivity index (χ3n) is 4.27. The molecule has 0 bridgehead atoms. The topological polar surface area (TPSA) is 98.3 Å². The van der Waals surface area contributed by atoms with Crippen LogP contribution in [0.3, 0.4) is 0 Å². The van der Waals surface area contributed by atoms with Gasteiger partial charge in [0.15, 0.2) is 0 Å². The van der Waals surface area contributed by atoms with E-state index in [1.807, 2.05) is 6.07 Å². The van der Waals surface area contributed by atoms with Crippen LogP contribution >= 0.6 is 15.9 Å². The summed E-state index contributed by atoms with van der Waals surface area (Å²) in [4.78, 5) is 42.1. The Kier molecular flexibility index (Phi) is 4.66. The minimum absolute atomic E-state index is 0.0975. The lowest BCUT2D eigenvalue weighted by atomic mass is 9.97. The number of carbonyl (C=O) groups is 2. The number of rotatable bonds is 3. The molecule has 126 valence electrons. The van der Waals surface area contributed by atoms with Crippen LogP contribution in [0.25, 0.3) is 10.9 Å². The van der Waals surface area contributed by atoms with Gasteiger partial charge in [-0.2, -0.15) is 0 Å². The van der Waals surface area contributed by atoms with Gasteiger partial charge >= 0.3 is 0 Å². The highest BCUT2D eigenvalue weighted by atomic mass is 79.9. The smallest absolute Gasteiger partial charge is 0.261 e. The third-order valence-corrected chi connectivity index (χ3v) is 4.76. The lowest BCUT2D eigenvalue weighted by Gasteiger charge is -2.31. The van der Waals surface area contributed by atoms with Gasteiger partial charge in [0.2, 0.25) is 11.8 Å². The molecule has 7 nitrogen and oxygen atoms in total. The lowest BCUT2D eigenvalue weighted by Crippen LogP contribution is -2.45. The van der Waals surface area contributed by atoms with Gasteiger partial charge in [-0.1, -0.05) is 15.9 Å². The van der Waals surface area contributed by atoms with Crippen LogP contribution in [0.5, 0.6) is 0 Å². The minimum atomic E-state index is -0.387. The summed E-state index contributed by atoms with van der Waals surface area (Å²) in [5.74, 6) is -0.911. The molecule has 8 heteroatoms. The number of primary amides is 1. The number of benzene rings is 1. The lowest BCUT2D eigenvalue weighted by molar-refractivity contribution is -0.135. The largest absolute Gasteiger partial charge is 0.369 e. The Morgan fingerprint density at radius 2 is 2.17 bits per heavy atom. The average molecular weight is 393 g/mol. The fourth-order valence-electron chi connectivity index (χ4n) is 2.93. The second-order valence-corrected chi connectivity index (χ2v) is 6.84. The van der Waals surface area contributed by atoms with Gasteiger partial charge in [0.25, 0.3) is 5.56 Å². The number of hydrogen-bond acceptors (Lipinski definition) is 4. The number of amides is 2. The Bertz CT molecular complexity index is 864. The molecule has 1 aliphatic rings. The van der Waals surface area contributed by atoms with Crippen LogP contribution in [0.1, 0.15) is 12.8 Å². The summed E-state index contributed by atoms with van der Waals surface area (Å²) >= 11 is 3.33. The zero-order valence-corrected chi connectivity index (χ0v) is 14.5. The van der Waals surface area contributed by atoms with Crippen molar-refractivity contribution in [3.63, 3.8) is 0 Å². The van der Waals surface area contributed by atoms with Gasteiger partial charge in [-0.05, 0) is 31.0 Å². The normalized spacial score (nSPS) is 17.9. The standard InChI is InChI=1S/C16H17BrN4O3/c17-11-3-4-13-12(6-11)16(24)21(9-19-13)8-14(22)20-5-1-2-10(7-20)15(18)23/h3-4,6,9-10H,1-2,5,7-8H2,(H2,18,23). The van der Waals surface area contributed by atoms with E-state index in [-0.39, 0.29) is 29.8 Å². The number of carbonyl (C=O) groups excluding carboxylic acids is 2. The van der Waals surface area contributed by atoms with Gasteiger partial charge in [0.1, 0.15) is 6.54 Å². The number of piperidine rings is 1. The van der Waals surface area contributed by atoms with Gasteiger partial charge in [0.05, 0.1) is 23.1 Å². The second kappa shape index (κ2) is 6.72. The van der Waals surface area contributed by atoms with Crippen molar-refractivity contribution in [2.45, 2.75) is 19.4 Å². The Morgan fingerprint density at radius 3 is 2.92 bits per heavy atom. The van der Waals surface area contributed by atoms with Crippen LogP contribution in [-0.4, -0.2) is 39.4 Å². The molecule has 1 aliphatic heterocycles. The molecular weight excluding hydrogens is 376 g/mol. The number of likely N-dealkylation sites (tertiary alicyclic amines) is 1. The number of hydrogen-bond donors (Lipinski definition) is 1. The highest BCUT2D eigenvalue weighted by Gasteiger charge is 2.27. The van der Waals surface area contributed by atoms with Crippen molar-refractivity contribution in [3.8, 4) is 0 Å². The molecule has 1 aromatic heterocycles. The summed E-state index contributed by atoms with van der Waals surface area (Å²) in [6, 6.07) is 5.24. The zero-order valence-electron chi connectivity index (χ0n) is 12.9. The predicted molar refractivity (Wildman–Crippen MR) is 92.2 cm³/mol. The van der Waals surface area contributed by atoms with Crippen molar-refractivity contribution in [1.29, 1.82) is 0 Å². The fourth-order valence-corrected chi connectivity index (χ4v) is 3.29. The molecule has 2 heterocycles. The first-order chi connectivity index (χ1) is 11.5. The molecule has 0 spiro atoms. The van der Waals surface area contributed by atoms with E-state index in [9.17, 15) is 14.4 Å². The Labute approximate surface area is 146 Å². The van der Waals surface area contributed by atoms with Crippen molar-refractivity contribution in [2.24, 2.45) is 11.7 Å². The maximum Gasteiger partial charge on any atom is 0.261 e. The molecular formula is C16H17BrN4O3. The maximum absolute atomic E-state index is 12.5. The Morgan fingerprint density at radius 1 is 1.38 bits per heavy atom. The van der Waals surface area contributed by atoms with E-state index in [2.05, 4.69) is 20.9 Å². The number of aromatic nitrogens is 2. The molecule has 2 aromatic rings. The van der Waals surface area contributed by atoms with Gasteiger partial charge in [-0.15, -0.1) is 0 Å². The molecule has 24 heavy (non-hydrogen) atoms. The van der Waals surface area contributed by atoms with Crippen LogP contribution in [0.2, 0.25) is 0 Å². The number of nitrogens with two attached hydrogens (primary N) is 1. The summed E-state index contributed by atoms with van der Waals surface area (Å²) in [7, 11) is 0. The molecule has 1 atom stereocenters. The number of fused-ring (bicyclic) bond motifs is 1. The van der Waals surface area contributed by atoms with E-state index in [0.717, 1.165) is 10.9 Å². The molecule has 0 saturated carbocycles. The van der Waals surface area contributed by atoms with Crippen LogP contribution in [0.15, 0.2) is 33.8 Å². The van der Waals surface area contributed by atoms with Gasteiger partial charge in [-0.3, -0.25) is 19.0 Å². The van der Waals surface area contributed by atoms with Gasteiger partial charge < -0.3 is 10.6 Å². The van der Waals surface area contributed by atoms with Gasteiger partial charge in [-0.25, -0.2) is 4.98 Å². The molecule has 2 amide bonds. The zero-order chi connectivity index (χ0) is 17.3. The monoisotopic (exact) mass is 392 g/mol. The van der Waals surface area contributed by atoms with Crippen molar-refractivity contribution < 1.29 is 9.59 Å². The summed E-state index contributed by atoms with van der Waals surface area (Å²) in [6.07, 6.45) is 2.81. The molecule has 1 saturated heterocycles. The van der Waals surface area contributed by atoms with Gasteiger partial charge in [0, 0.05) is 17.6 Å². The highest BCUT2D eigenvalue weighted by Crippen LogP contribution is 2.17. The summed E-state index contributed by atoms with van der Waals surface area (Å²) in [5, 5.41) is 0.452. The van der Waals surface area contributed by atoms with E-state index in [1.54, 1.807) is 17.0 Å². The SMILES string of the molecule is NC(=O)C1CCCN(C(=O)Cn2cnc3ccc(Br)cc3c2=O)C1. The van der Waals surface area contributed by atoms with Crippen molar-refractivity contribution in [2.75, 3.05) is 13.1 Å². The van der Waals surface area contributed by atoms with E-state index in [0.29, 0.717) is 30.4 Å². The fraction of sp³-hybridized carbons (Fsp3) is 0.375. The van der Waals surface area contributed by atoms with Crippen LogP contribution in [0, 0.1) is 5.92 Å². The molecule has 2 N–H and O–H groups in total. The predicted octanol–water partition coefficient (Wildman–Crippen LogP) is 0.883. The van der Waals surface area contributed by atoms with E-state index in [4.69, 9.17) is 5.73 Å². The second-order valence-electron chi connectivity index (χ2n) is 5.92. The first kappa shape index (κ1) is 16.6. The van der Waals surface area contributed by atoms with Crippen LogP contribution in [0.4, 0.5) is 0 Å². The van der Waals surface area contributed by atoms with E-state index < -0.39 is 0 Å². The molecule has 0 aliphatic carbocycles. The van der Waals surface area contributed by atoms with Crippen LogP contribution in [-0.2, 0) is 16.1 Å². The molecule has 3 rings (SSSR count). The highest BCUT2D eigenvalue weighted by molar-refractivity contribution is 9.10. The Hall–Kier alpha value is -2.22. The first-order valence-electron chi connectivity index (χ1n) is 7.67. The number of nitrogens with zero attached hydrogens (tertiary/aromatic N) is 3. The first-order valence-corrected chi connectivity index (χ1v) is 8.47. The number of halogens is 1. The van der Waals surface area contributed by atoms with Crippen LogP contribution < -0.4 is 11.3 Å². The van der Waals surface area contributed by atoms with Crippen molar-refractivity contribution >= 4 is 38.6 Å². The third kappa shape index (κ3) is 3.33. The van der Waals surface area contributed by atoms with Crippen molar-refractivity contribution in [3.05, 3.63) is 39.4 Å². The summed E-state index contributed by atoms with van der Waals surface area (Å²) in [6.45, 7) is 0.791. The maximum atomic E-state index is 12.5. The quantitative estimate of drug-likeness (QED) is 0.837. The average Bonchev–Trinajstić information content (AvgIpc) is 2.58. The van der Waals surface area contributed by atoms with Crippen molar-refractivity contribution in [1.82, 2.24) is 14.5 Å². The summed E-state index contributed by atoms with van der Waals surface area (Å²) in [5.41, 5.74) is 5.65. The minimum Gasteiger partial charge on any atom is -0.369 e. The Balaban J connectivity index is 1.82. The molecule has 1 aromatic carbocycles. The molecule has 0 radical (unpaired) electrons. The summed E-state index contributed by atoms with van der Waals surface area (Å²) < 4.78 is 2.07. The molecule has 1 fully saturated rings. The van der Waals surface area contributed by atoms with E-state index >= 15 is 0 Å².